The Balaban J connectivity index is 1.84. The van der Waals surface area contributed by atoms with Crippen LogP contribution in [0.25, 0.3) is 6.08 Å². The summed E-state index contributed by atoms with van der Waals surface area (Å²) in [6, 6.07) is 15.6. The third-order valence-electron chi connectivity index (χ3n) is 3.79. The van der Waals surface area contributed by atoms with Crippen molar-refractivity contribution in [3.05, 3.63) is 76.9 Å². The Morgan fingerprint density at radius 1 is 1.05 bits per heavy atom. The molecule has 0 amide bonds. The standard InChI is InChI=1S/C19H18O2/c1-13(2)15-8-5-6-10-17(15)19(20)21-18-12-11-14-7-3-4-9-16(14)18/h3-13,18H,1-2H3. The molecule has 3 rings (SSSR count). The van der Waals surface area contributed by atoms with Gasteiger partial charge in [0.1, 0.15) is 6.10 Å². The van der Waals surface area contributed by atoms with E-state index in [-0.39, 0.29) is 12.1 Å². The Kier molecular flexibility index (Phi) is 3.61. The molecule has 0 saturated carbocycles. The zero-order valence-corrected chi connectivity index (χ0v) is 12.2. The van der Waals surface area contributed by atoms with Gasteiger partial charge in [-0.15, -0.1) is 0 Å². The highest BCUT2D eigenvalue weighted by atomic mass is 16.5. The van der Waals surface area contributed by atoms with E-state index in [2.05, 4.69) is 13.8 Å². The summed E-state index contributed by atoms with van der Waals surface area (Å²) in [5.41, 5.74) is 3.85. The Bertz CT molecular complexity index is 698. The molecule has 0 spiro atoms. The van der Waals surface area contributed by atoms with Crippen LogP contribution in [0, 0.1) is 0 Å². The Morgan fingerprint density at radius 3 is 2.57 bits per heavy atom. The van der Waals surface area contributed by atoms with Crippen molar-refractivity contribution < 1.29 is 9.53 Å². The molecule has 0 aliphatic heterocycles. The zero-order valence-electron chi connectivity index (χ0n) is 12.2. The molecule has 2 aromatic rings. The van der Waals surface area contributed by atoms with E-state index in [0.29, 0.717) is 11.5 Å². The van der Waals surface area contributed by atoms with Crippen LogP contribution in [0.5, 0.6) is 0 Å². The van der Waals surface area contributed by atoms with Gasteiger partial charge in [0.05, 0.1) is 5.56 Å². The zero-order chi connectivity index (χ0) is 14.8. The lowest BCUT2D eigenvalue weighted by molar-refractivity contribution is 0.0395. The second-order valence-corrected chi connectivity index (χ2v) is 5.56. The normalized spacial score (nSPS) is 16.0. The van der Waals surface area contributed by atoms with Gasteiger partial charge in [0.25, 0.3) is 0 Å². The maximum Gasteiger partial charge on any atom is 0.339 e. The first-order valence-corrected chi connectivity index (χ1v) is 7.24. The van der Waals surface area contributed by atoms with Crippen LogP contribution in [0.4, 0.5) is 0 Å². The first kappa shape index (κ1) is 13.6. The summed E-state index contributed by atoms with van der Waals surface area (Å²) < 4.78 is 5.69. The van der Waals surface area contributed by atoms with Gasteiger partial charge in [-0.2, -0.15) is 0 Å². The van der Waals surface area contributed by atoms with Gasteiger partial charge in [0.2, 0.25) is 0 Å². The molecular formula is C19H18O2. The van der Waals surface area contributed by atoms with E-state index < -0.39 is 0 Å². The van der Waals surface area contributed by atoms with Crippen molar-refractivity contribution in [1.82, 2.24) is 0 Å². The number of rotatable bonds is 3. The van der Waals surface area contributed by atoms with Gasteiger partial charge in [0, 0.05) is 5.56 Å². The van der Waals surface area contributed by atoms with Gasteiger partial charge in [0.15, 0.2) is 0 Å². The minimum atomic E-state index is -0.283. The molecule has 21 heavy (non-hydrogen) atoms. The Hall–Kier alpha value is -2.35. The number of benzene rings is 2. The summed E-state index contributed by atoms with van der Waals surface area (Å²) in [6.07, 6.45) is 3.65. The highest BCUT2D eigenvalue weighted by Crippen LogP contribution is 2.32. The SMILES string of the molecule is CC(C)c1ccccc1C(=O)OC1C=Cc2ccccc21. The number of esters is 1. The molecule has 1 atom stereocenters. The van der Waals surface area contributed by atoms with Crippen molar-refractivity contribution in [2.24, 2.45) is 0 Å². The lowest BCUT2D eigenvalue weighted by Crippen LogP contribution is -2.12. The molecule has 2 heteroatoms. The van der Waals surface area contributed by atoms with Crippen LogP contribution in [-0.2, 0) is 4.74 Å². The fourth-order valence-electron chi connectivity index (χ4n) is 2.68. The lowest BCUT2D eigenvalue weighted by Gasteiger charge is -2.16. The predicted molar refractivity (Wildman–Crippen MR) is 84.2 cm³/mol. The summed E-state index contributed by atoms with van der Waals surface area (Å²) in [4.78, 5) is 12.5. The van der Waals surface area contributed by atoms with E-state index in [1.54, 1.807) is 0 Å². The highest BCUT2D eigenvalue weighted by Gasteiger charge is 2.23. The fraction of sp³-hybridized carbons (Fsp3) is 0.211. The molecule has 0 N–H and O–H groups in total. The minimum Gasteiger partial charge on any atom is -0.450 e. The van der Waals surface area contributed by atoms with Crippen molar-refractivity contribution in [2.75, 3.05) is 0 Å². The van der Waals surface area contributed by atoms with Crippen molar-refractivity contribution in [2.45, 2.75) is 25.9 Å². The van der Waals surface area contributed by atoms with Crippen molar-refractivity contribution >= 4 is 12.0 Å². The maximum absolute atomic E-state index is 12.5. The number of fused-ring (bicyclic) bond motifs is 1. The molecule has 1 aliphatic rings. The largest absolute Gasteiger partial charge is 0.450 e. The van der Waals surface area contributed by atoms with Crippen molar-refractivity contribution in [1.29, 1.82) is 0 Å². The molecule has 1 unspecified atom stereocenters. The second-order valence-electron chi connectivity index (χ2n) is 5.56. The monoisotopic (exact) mass is 278 g/mol. The summed E-state index contributed by atoms with van der Waals surface area (Å²) in [5, 5.41) is 0. The van der Waals surface area contributed by atoms with Crippen molar-refractivity contribution in [3.8, 4) is 0 Å². The van der Waals surface area contributed by atoms with Gasteiger partial charge in [-0.25, -0.2) is 4.79 Å². The Labute approximate surface area is 125 Å². The number of hydrogen-bond donors (Lipinski definition) is 0. The van der Waals surface area contributed by atoms with Crippen LogP contribution in [0.1, 0.15) is 52.9 Å². The summed E-state index contributed by atoms with van der Waals surface area (Å²) in [6.45, 7) is 4.16. The average molecular weight is 278 g/mol. The first-order chi connectivity index (χ1) is 10.2. The van der Waals surface area contributed by atoms with Gasteiger partial charge in [-0.05, 0) is 29.2 Å². The van der Waals surface area contributed by atoms with Gasteiger partial charge in [-0.3, -0.25) is 0 Å². The molecule has 0 aromatic heterocycles. The predicted octanol–water partition coefficient (Wildman–Crippen LogP) is 4.73. The Morgan fingerprint density at radius 2 is 1.76 bits per heavy atom. The molecule has 0 fully saturated rings. The van der Waals surface area contributed by atoms with Crippen LogP contribution >= 0.6 is 0 Å². The first-order valence-electron chi connectivity index (χ1n) is 7.24. The second kappa shape index (κ2) is 5.57. The number of carbonyl (C=O) groups is 1. The van der Waals surface area contributed by atoms with E-state index in [9.17, 15) is 4.79 Å². The van der Waals surface area contributed by atoms with Crippen LogP contribution in [0.3, 0.4) is 0 Å². The van der Waals surface area contributed by atoms with E-state index in [0.717, 1.165) is 16.7 Å². The molecule has 0 heterocycles. The van der Waals surface area contributed by atoms with Gasteiger partial charge < -0.3 is 4.74 Å². The van der Waals surface area contributed by atoms with Crippen LogP contribution < -0.4 is 0 Å². The number of ether oxygens (including phenoxy) is 1. The van der Waals surface area contributed by atoms with Crippen LogP contribution in [0.2, 0.25) is 0 Å². The summed E-state index contributed by atoms with van der Waals surface area (Å²) >= 11 is 0. The lowest BCUT2D eigenvalue weighted by atomic mass is 9.97. The fourth-order valence-corrected chi connectivity index (χ4v) is 2.68. The quantitative estimate of drug-likeness (QED) is 0.758. The van der Waals surface area contributed by atoms with E-state index in [1.807, 2.05) is 60.7 Å². The minimum absolute atomic E-state index is 0.259. The molecular weight excluding hydrogens is 260 g/mol. The summed E-state index contributed by atoms with van der Waals surface area (Å²) in [7, 11) is 0. The van der Waals surface area contributed by atoms with Crippen LogP contribution in [-0.4, -0.2) is 5.97 Å². The smallest absolute Gasteiger partial charge is 0.339 e. The molecule has 2 aromatic carbocycles. The molecule has 0 saturated heterocycles. The molecule has 2 nitrogen and oxygen atoms in total. The maximum atomic E-state index is 12.5. The van der Waals surface area contributed by atoms with Gasteiger partial charge in [-0.1, -0.05) is 62.4 Å². The number of hydrogen-bond acceptors (Lipinski definition) is 2. The average Bonchev–Trinajstić information content (AvgIpc) is 2.90. The van der Waals surface area contributed by atoms with Crippen molar-refractivity contribution in [3.63, 3.8) is 0 Å². The van der Waals surface area contributed by atoms with E-state index in [1.165, 1.54) is 0 Å². The van der Waals surface area contributed by atoms with E-state index in [4.69, 9.17) is 4.74 Å². The molecule has 0 bridgehead atoms. The third kappa shape index (κ3) is 2.62. The van der Waals surface area contributed by atoms with E-state index >= 15 is 0 Å². The topological polar surface area (TPSA) is 26.3 Å². The highest BCUT2D eigenvalue weighted by molar-refractivity contribution is 5.91. The van der Waals surface area contributed by atoms with Crippen LogP contribution in [0.15, 0.2) is 54.6 Å². The van der Waals surface area contributed by atoms with Gasteiger partial charge >= 0.3 is 5.97 Å². The molecule has 0 radical (unpaired) electrons. The molecule has 1 aliphatic carbocycles. The third-order valence-corrected chi connectivity index (χ3v) is 3.79. The number of carbonyl (C=O) groups excluding carboxylic acids is 1. The summed E-state index contributed by atoms with van der Waals surface area (Å²) in [5.74, 6) is 0.0332. The molecule has 106 valence electrons.